The van der Waals surface area contributed by atoms with Crippen LogP contribution >= 0.6 is 11.6 Å². The van der Waals surface area contributed by atoms with Gasteiger partial charge in [-0.1, -0.05) is 41.1 Å². The number of nitrogens with zero attached hydrogens (tertiary/aromatic N) is 4. The Hall–Kier alpha value is -3.91. The molecular weight excluding hydrogens is 442 g/mol. The summed E-state index contributed by atoms with van der Waals surface area (Å²) >= 11 is 5.99. The maximum atomic E-state index is 13.2. The number of aromatic nitrogens is 3. The lowest BCUT2D eigenvalue weighted by Crippen LogP contribution is -2.39. The minimum absolute atomic E-state index is 0.0378. The highest BCUT2D eigenvalue weighted by atomic mass is 35.5. The highest BCUT2D eigenvalue weighted by Gasteiger charge is 2.20. The first-order chi connectivity index (χ1) is 16.0. The summed E-state index contributed by atoms with van der Waals surface area (Å²) in [5, 5.41) is 11.6. The molecular formula is C24H22ClN5O3. The second-order valence-electron chi connectivity index (χ2n) is 7.39. The van der Waals surface area contributed by atoms with Crippen LogP contribution in [0.4, 0.5) is 5.69 Å². The number of hydrogen-bond acceptors (Lipinski definition) is 5. The molecule has 0 saturated heterocycles. The molecule has 0 unspecified atom stereocenters. The molecule has 168 valence electrons. The number of fused-ring (bicyclic) bond motifs is 1. The summed E-state index contributed by atoms with van der Waals surface area (Å²) in [4.78, 5) is 27.4. The Morgan fingerprint density at radius 2 is 1.76 bits per heavy atom. The third kappa shape index (κ3) is 5.67. The summed E-state index contributed by atoms with van der Waals surface area (Å²) in [6.45, 7) is 0.0860. The largest absolute Gasteiger partial charge is 0.497 e. The minimum Gasteiger partial charge on any atom is -0.497 e. The molecule has 0 aliphatic heterocycles. The Morgan fingerprint density at radius 3 is 2.48 bits per heavy atom. The SMILES string of the molecule is COc1ccc(NC(=O)CN(Cc2ccc(Cl)cc2)C(=O)Cn2nnc3ccccc32)cc1. The molecule has 0 radical (unpaired) electrons. The van der Waals surface area contributed by atoms with Crippen molar-refractivity contribution in [2.24, 2.45) is 0 Å². The van der Waals surface area contributed by atoms with Crippen molar-refractivity contribution in [2.75, 3.05) is 19.0 Å². The molecule has 1 aromatic heterocycles. The molecule has 0 bridgehead atoms. The maximum absolute atomic E-state index is 13.2. The van der Waals surface area contributed by atoms with Crippen LogP contribution in [0, 0.1) is 0 Å². The molecule has 8 nitrogen and oxygen atoms in total. The number of benzene rings is 3. The number of para-hydroxylation sites is 1. The topological polar surface area (TPSA) is 89.4 Å². The van der Waals surface area contributed by atoms with Crippen LogP contribution < -0.4 is 10.1 Å². The van der Waals surface area contributed by atoms with Crippen molar-refractivity contribution in [3.8, 4) is 5.75 Å². The lowest BCUT2D eigenvalue weighted by atomic mass is 10.2. The number of amides is 2. The molecule has 0 atom stereocenters. The molecule has 4 rings (SSSR count). The summed E-state index contributed by atoms with van der Waals surface area (Å²) in [6.07, 6.45) is 0. The maximum Gasteiger partial charge on any atom is 0.245 e. The fraction of sp³-hybridized carbons (Fsp3) is 0.167. The summed E-state index contributed by atoms with van der Waals surface area (Å²) in [7, 11) is 1.58. The van der Waals surface area contributed by atoms with Crippen molar-refractivity contribution in [1.82, 2.24) is 19.9 Å². The van der Waals surface area contributed by atoms with Gasteiger partial charge >= 0.3 is 0 Å². The van der Waals surface area contributed by atoms with Gasteiger partial charge in [-0.2, -0.15) is 0 Å². The second kappa shape index (κ2) is 10.1. The number of hydrogen-bond donors (Lipinski definition) is 1. The van der Waals surface area contributed by atoms with E-state index in [-0.39, 0.29) is 31.4 Å². The van der Waals surface area contributed by atoms with E-state index in [4.69, 9.17) is 16.3 Å². The molecule has 3 aromatic carbocycles. The predicted molar refractivity (Wildman–Crippen MR) is 126 cm³/mol. The van der Waals surface area contributed by atoms with Gasteiger partial charge in [-0.3, -0.25) is 9.59 Å². The van der Waals surface area contributed by atoms with Gasteiger partial charge < -0.3 is 15.0 Å². The van der Waals surface area contributed by atoms with Gasteiger partial charge in [-0.25, -0.2) is 4.68 Å². The van der Waals surface area contributed by atoms with Gasteiger partial charge in [-0.05, 0) is 54.1 Å². The number of ether oxygens (including phenoxy) is 1. The van der Waals surface area contributed by atoms with Gasteiger partial charge in [0.2, 0.25) is 11.8 Å². The van der Waals surface area contributed by atoms with E-state index >= 15 is 0 Å². The normalized spacial score (nSPS) is 10.7. The molecule has 1 N–H and O–H groups in total. The van der Waals surface area contributed by atoms with Gasteiger partial charge in [0.25, 0.3) is 0 Å². The average Bonchev–Trinajstić information content (AvgIpc) is 3.23. The highest BCUT2D eigenvalue weighted by Crippen LogP contribution is 2.16. The summed E-state index contributed by atoms with van der Waals surface area (Å²) in [5.74, 6) is 0.115. The number of halogens is 1. The number of rotatable bonds is 8. The van der Waals surface area contributed by atoms with Gasteiger partial charge in [-0.15, -0.1) is 5.10 Å². The summed E-state index contributed by atoms with van der Waals surface area (Å²) < 4.78 is 6.67. The first kappa shape index (κ1) is 22.3. The zero-order chi connectivity index (χ0) is 23.2. The van der Waals surface area contributed by atoms with Crippen molar-refractivity contribution >= 4 is 40.1 Å². The zero-order valence-electron chi connectivity index (χ0n) is 17.9. The van der Waals surface area contributed by atoms with E-state index in [0.717, 1.165) is 11.1 Å². The summed E-state index contributed by atoms with van der Waals surface area (Å²) in [5.41, 5.74) is 2.92. The lowest BCUT2D eigenvalue weighted by molar-refractivity contribution is -0.136. The van der Waals surface area contributed by atoms with Crippen LogP contribution in [0.3, 0.4) is 0 Å². The van der Waals surface area contributed by atoms with E-state index in [1.54, 1.807) is 43.5 Å². The number of methoxy groups -OCH3 is 1. The standard InChI is InChI=1S/C24H22ClN5O3/c1-33-20-12-10-19(11-13-20)26-23(31)15-29(14-17-6-8-18(25)9-7-17)24(32)16-30-22-5-3-2-4-21(22)27-28-30/h2-13H,14-16H2,1H3,(H,26,31). The van der Waals surface area contributed by atoms with E-state index in [9.17, 15) is 9.59 Å². The smallest absolute Gasteiger partial charge is 0.245 e. The van der Waals surface area contributed by atoms with Crippen molar-refractivity contribution in [1.29, 1.82) is 0 Å². The van der Waals surface area contributed by atoms with Gasteiger partial charge in [0.1, 0.15) is 24.4 Å². The Kier molecular flexibility index (Phi) is 6.85. The van der Waals surface area contributed by atoms with Crippen LogP contribution in [-0.4, -0.2) is 45.4 Å². The number of anilines is 1. The molecule has 33 heavy (non-hydrogen) atoms. The quantitative estimate of drug-likeness (QED) is 0.429. The average molecular weight is 464 g/mol. The molecule has 4 aromatic rings. The molecule has 0 aliphatic rings. The predicted octanol–water partition coefficient (Wildman–Crippen LogP) is 3.76. The van der Waals surface area contributed by atoms with E-state index in [1.165, 1.54) is 9.58 Å². The zero-order valence-corrected chi connectivity index (χ0v) is 18.7. The van der Waals surface area contributed by atoms with E-state index in [2.05, 4.69) is 15.6 Å². The highest BCUT2D eigenvalue weighted by molar-refractivity contribution is 6.30. The second-order valence-corrected chi connectivity index (χ2v) is 7.83. The third-order valence-corrected chi connectivity index (χ3v) is 5.30. The van der Waals surface area contributed by atoms with Gasteiger partial charge in [0, 0.05) is 17.3 Å². The molecule has 0 spiro atoms. The monoisotopic (exact) mass is 463 g/mol. The molecule has 9 heteroatoms. The Balaban J connectivity index is 1.50. The van der Waals surface area contributed by atoms with Crippen molar-refractivity contribution in [2.45, 2.75) is 13.1 Å². The van der Waals surface area contributed by atoms with Crippen LogP contribution in [0.1, 0.15) is 5.56 Å². The Labute approximate surface area is 195 Å². The first-order valence-electron chi connectivity index (χ1n) is 10.3. The summed E-state index contributed by atoms with van der Waals surface area (Å²) in [6, 6.07) is 21.5. The number of carbonyl (C=O) groups is 2. The van der Waals surface area contributed by atoms with Crippen molar-refractivity contribution < 1.29 is 14.3 Å². The fourth-order valence-electron chi connectivity index (χ4n) is 3.35. The molecule has 0 fully saturated rings. The van der Waals surface area contributed by atoms with Crippen molar-refractivity contribution in [3.05, 3.63) is 83.4 Å². The van der Waals surface area contributed by atoms with Crippen molar-refractivity contribution in [3.63, 3.8) is 0 Å². The van der Waals surface area contributed by atoms with Crippen LogP contribution in [0.2, 0.25) is 5.02 Å². The van der Waals surface area contributed by atoms with E-state index in [1.807, 2.05) is 36.4 Å². The van der Waals surface area contributed by atoms with Crippen LogP contribution in [-0.2, 0) is 22.7 Å². The molecule has 1 heterocycles. The minimum atomic E-state index is -0.314. The first-order valence-corrected chi connectivity index (χ1v) is 10.6. The molecule has 2 amide bonds. The van der Waals surface area contributed by atoms with Gasteiger partial charge in [0.15, 0.2) is 0 Å². The fourth-order valence-corrected chi connectivity index (χ4v) is 3.48. The van der Waals surface area contributed by atoms with Crippen LogP contribution in [0.15, 0.2) is 72.8 Å². The Morgan fingerprint density at radius 1 is 1.03 bits per heavy atom. The Bertz CT molecular complexity index is 1260. The van der Waals surface area contributed by atoms with Gasteiger partial charge in [0.05, 0.1) is 12.6 Å². The number of nitrogens with one attached hydrogen (secondary N) is 1. The van der Waals surface area contributed by atoms with Crippen LogP contribution in [0.5, 0.6) is 5.75 Å². The third-order valence-electron chi connectivity index (χ3n) is 5.05. The number of carbonyl (C=O) groups excluding carboxylic acids is 2. The molecule has 0 aliphatic carbocycles. The van der Waals surface area contributed by atoms with Crippen LogP contribution in [0.25, 0.3) is 11.0 Å². The lowest BCUT2D eigenvalue weighted by Gasteiger charge is -2.22. The van der Waals surface area contributed by atoms with E-state index < -0.39 is 0 Å². The van der Waals surface area contributed by atoms with E-state index in [0.29, 0.717) is 22.0 Å². The molecule has 0 saturated carbocycles.